The van der Waals surface area contributed by atoms with Crippen LogP contribution in [0.2, 0.25) is 0 Å². The monoisotopic (exact) mass is 317 g/mol. The maximum absolute atomic E-state index is 13.0. The van der Waals surface area contributed by atoms with Gasteiger partial charge in [-0.2, -0.15) is 0 Å². The average molecular weight is 317 g/mol. The van der Waals surface area contributed by atoms with Gasteiger partial charge in [-0.1, -0.05) is 18.2 Å². The lowest BCUT2D eigenvalue weighted by Gasteiger charge is -2.42. The maximum atomic E-state index is 13.0. The van der Waals surface area contributed by atoms with Crippen LogP contribution in [0.25, 0.3) is 0 Å². The topological polar surface area (TPSA) is 43.9 Å². The van der Waals surface area contributed by atoms with Crippen LogP contribution >= 0.6 is 11.8 Å². The molecule has 22 heavy (non-hydrogen) atoms. The number of thioether (sulfide) groups is 1. The van der Waals surface area contributed by atoms with Crippen molar-refractivity contribution in [2.24, 2.45) is 0 Å². The Balaban J connectivity index is 1.67. The van der Waals surface area contributed by atoms with Crippen LogP contribution in [0.1, 0.15) is 12.8 Å². The first-order valence-electron chi connectivity index (χ1n) is 7.67. The molecule has 1 aromatic carbocycles. The number of fused-ring (bicyclic) bond motifs is 2. The molecule has 0 N–H and O–H groups in total. The van der Waals surface area contributed by atoms with Gasteiger partial charge in [0, 0.05) is 18.8 Å². The number of amides is 3. The first-order valence-corrected chi connectivity index (χ1v) is 8.66. The predicted molar refractivity (Wildman–Crippen MR) is 86.9 cm³/mol. The number of carbonyl (C=O) groups is 2. The molecular weight excluding hydrogens is 298 g/mol. The molecule has 0 aromatic heterocycles. The number of imide groups is 1. The van der Waals surface area contributed by atoms with Crippen LogP contribution < -0.4 is 4.90 Å². The van der Waals surface area contributed by atoms with Gasteiger partial charge in [-0.3, -0.25) is 9.69 Å². The highest BCUT2D eigenvalue weighted by Crippen LogP contribution is 2.49. The Morgan fingerprint density at radius 2 is 1.82 bits per heavy atom. The second-order valence-electron chi connectivity index (χ2n) is 6.24. The molecule has 0 aliphatic carbocycles. The van der Waals surface area contributed by atoms with Crippen molar-refractivity contribution < 1.29 is 9.59 Å². The van der Waals surface area contributed by atoms with Crippen molar-refractivity contribution in [1.29, 1.82) is 0 Å². The summed E-state index contributed by atoms with van der Waals surface area (Å²) in [6.45, 7) is 1.95. The molecule has 3 heterocycles. The molecule has 1 atom stereocenters. The molecule has 3 aliphatic heterocycles. The van der Waals surface area contributed by atoms with Gasteiger partial charge >= 0.3 is 6.03 Å². The van der Waals surface area contributed by atoms with Gasteiger partial charge in [0.2, 0.25) is 0 Å². The van der Waals surface area contributed by atoms with Gasteiger partial charge in [-0.15, -0.1) is 11.8 Å². The number of piperidine rings is 1. The van der Waals surface area contributed by atoms with Crippen LogP contribution in [0, 0.1) is 0 Å². The van der Waals surface area contributed by atoms with Crippen LogP contribution in [0.4, 0.5) is 10.5 Å². The van der Waals surface area contributed by atoms with E-state index in [0.717, 1.165) is 31.7 Å². The number of para-hydroxylation sites is 1. The molecule has 0 unspecified atom stereocenters. The molecule has 3 fully saturated rings. The third kappa shape index (κ3) is 1.90. The van der Waals surface area contributed by atoms with Crippen molar-refractivity contribution in [2.45, 2.75) is 23.8 Å². The zero-order valence-electron chi connectivity index (χ0n) is 12.6. The summed E-state index contributed by atoms with van der Waals surface area (Å²) in [5, 5.41) is 0. The van der Waals surface area contributed by atoms with Crippen LogP contribution in [-0.2, 0) is 4.79 Å². The van der Waals surface area contributed by atoms with Crippen molar-refractivity contribution in [3.8, 4) is 0 Å². The molecule has 3 saturated heterocycles. The Labute approximate surface area is 134 Å². The highest BCUT2D eigenvalue weighted by Gasteiger charge is 2.59. The molecule has 0 saturated carbocycles. The van der Waals surface area contributed by atoms with E-state index in [0.29, 0.717) is 5.69 Å². The standard InChI is InChI=1S/C16H19N3O2S/c1-17-9-7-16(8-10-17)19-13(11-22-16)14(20)18(15(19)21)12-5-3-2-4-6-12/h2-6,13H,7-11H2,1H3/t13-/m0/s1. The molecule has 1 aromatic rings. The number of nitrogens with zero attached hydrogens (tertiary/aromatic N) is 3. The first kappa shape index (κ1) is 14.1. The number of carbonyl (C=O) groups excluding carboxylic acids is 2. The second kappa shape index (κ2) is 4.99. The van der Waals surface area contributed by atoms with E-state index in [1.54, 1.807) is 11.8 Å². The Morgan fingerprint density at radius 3 is 2.50 bits per heavy atom. The van der Waals surface area contributed by atoms with Gasteiger partial charge in [-0.05, 0) is 32.0 Å². The van der Waals surface area contributed by atoms with E-state index in [1.165, 1.54) is 4.90 Å². The van der Waals surface area contributed by atoms with Gasteiger partial charge < -0.3 is 4.90 Å². The number of rotatable bonds is 1. The van der Waals surface area contributed by atoms with Gasteiger partial charge in [0.1, 0.15) is 6.04 Å². The lowest BCUT2D eigenvalue weighted by atomic mass is 10.0. The molecular formula is C16H19N3O2S. The molecule has 5 nitrogen and oxygen atoms in total. The van der Waals surface area contributed by atoms with Crippen LogP contribution in [0.3, 0.4) is 0 Å². The molecule has 116 valence electrons. The zero-order chi connectivity index (χ0) is 15.3. The minimum Gasteiger partial charge on any atom is -0.306 e. The lowest BCUT2D eigenvalue weighted by Crippen LogP contribution is -2.52. The normalized spacial score (nSPS) is 27.8. The molecule has 0 bridgehead atoms. The minimum atomic E-state index is -0.291. The summed E-state index contributed by atoms with van der Waals surface area (Å²) < 4.78 is 0. The lowest BCUT2D eigenvalue weighted by molar-refractivity contribution is -0.119. The van der Waals surface area contributed by atoms with Crippen molar-refractivity contribution in [1.82, 2.24) is 9.80 Å². The Bertz CT molecular complexity index is 613. The first-order chi connectivity index (χ1) is 10.6. The Hall–Kier alpha value is -1.53. The fourth-order valence-electron chi connectivity index (χ4n) is 3.67. The van der Waals surface area contributed by atoms with Crippen molar-refractivity contribution >= 4 is 29.4 Å². The number of urea groups is 1. The SMILES string of the molecule is CN1CCC2(CC1)SC[C@H]1C(=O)N(c3ccccc3)C(=O)N12. The fraction of sp³-hybridized carbons (Fsp3) is 0.500. The third-order valence-electron chi connectivity index (χ3n) is 4.95. The summed E-state index contributed by atoms with van der Waals surface area (Å²) in [6.07, 6.45) is 1.87. The maximum Gasteiger partial charge on any atom is 0.333 e. The van der Waals surface area contributed by atoms with E-state index in [-0.39, 0.29) is 22.9 Å². The summed E-state index contributed by atoms with van der Waals surface area (Å²) in [7, 11) is 2.11. The second-order valence-corrected chi connectivity index (χ2v) is 7.62. The van der Waals surface area contributed by atoms with Crippen molar-refractivity contribution in [3.63, 3.8) is 0 Å². The van der Waals surface area contributed by atoms with Gasteiger partial charge in [0.15, 0.2) is 0 Å². The van der Waals surface area contributed by atoms with E-state index in [1.807, 2.05) is 35.2 Å². The summed E-state index contributed by atoms with van der Waals surface area (Å²) in [5.74, 6) is 0.650. The van der Waals surface area contributed by atoms with E-state index in [2.05, 4.69) is 11.9 Å². The number of hydrogen-bond acceptors (Lipinski definition) is 4. The van der Waals surface area contributed by atoms with E-state index in [4.69, 9.17) is 0 Å². The zero-order valence-corrected chi connectivity index (χ0v) is 13.4. The number of anilines is 1. The van der Waals surface area contributed by atoms with E-state index < -0.39 is 0 Å². The number of benzene rings is 1. The highest BCUT2D eigenvalue weighted by molar-refractivity contribution is 8.01. The third-order valence-corrected chi connectivity index (χ3v) is 6.57. The largest absolute Gasteiger partial charge is 0.333 e. The Morgan fingerprint density at radius 1 is 1.14 bits per heavy atom. The highest BCUT2D eigenvalue weighted by atomic mass is 32.2. The minimum absolute atomic E-state index is 0.0699. The summed E-state index contributed by atoms with van der Waals surface area (Å²) >= 11 is 1.80. The molecule has 0 radical (unpaired) electrons. The van der Waals surface area contributed by atoms with E-state index in [9.17, 15) is 9.59 Å². The molecule has 3 aliphatic rings. The average Bonchev–Trinajstić information content (AvgIpc) is 3.02. The van der Waals surface area contributed by atoms with E-state index >= 15 is 0 Å². The van der Waals surface area contributed by atoms with Gasteiger partial charge in [0.25, 0.3) is 5.91 Å². The Kier molecular flexibility index (Phi) is 3.20. The van der Waals surface area contributed by atoms with Crippen LogP contribution in [0.15, 0.2) is 30.3 Å². The van der Waals surface area contributed by atoms with Crippen molar-refractivity contribution in [2.75, 3.05) is 30.8 Å². The molecule has 6 heteroatoms. The molecule has 1 spiro atoms. The van der Waals surface area contributed by atoms with Crippen molar-refractivity contribution in [3.05, 3.63) is 30.3 Å². The van der Waals surface area contributed by atoms with Crippen LogP contribution in [-0.4, -0.2) is 58.5 Å². The van der Waals surface area contributed by atoms with Crippen LogP contribution in [0.5, 0.6) is 0 Å². The fourth-order valence-corrected chi connectivity index (χ4v) is 5.25. The summed E-state index contributed by atoms with van der Waals surface area (Å²) in [4.78, 5) is 31.0. The van der Waals surface area contributed by atoms with Gasteiger partial charge in [0.05, 0.1) is 10.6 Å². The van der Waals surface area contributed by atoms with Gasteiger partial charge in [-0.25, -0.2) is 9.69 Å². The number of likely N-dealkylation sites (tertiary alicyclic amines) is 1. The number of hydrogen-bond donors (Lipinski definition) is 0. The summed E-state index contributed by atoms with van der Waals surface area (Å²) in [6, 6.07) is 8.83. The molecule has 3 amide bonds. The smallest absolute Gasteiger partial charge is 0.306 e. The quantitative estimate of drug-likeness (QED) is 0.743. The molecule has 4 rings (SSSR count). The summed E-state index contributed by atoms with van der Waals surface area (Å²) in [5.41, 5.74) is 0.681. The predicted octanol–water partition coefficient (Wildman–Crippen LogP) is 1.99.